The van der Waals surface area contributed by atoms with E-state index in [1.807, 2.05) is 17.9 Å². The Bertz CT molecular complexity index is 1010. The molecule has 158 valence electrons. The molecule has 0 unspecified atom stereocenters. The quantitative estimate of drug-likeness (QED) is 0.814. The van der Waals surface area contributed by atoms with Crippen LogP contribution in [-0.2, 0) is 6.54 Å². The second-order valence-electron chi connectivity index (χ2n) is 8.71. The average Bonchev–Trinajstić information content (AvgIpc) is 3.34. The van der Waals surface area contributed by atoms with Gasteiger partial charge < -0.3 is 14.7 Å². The fourth-order valence-corrected chi connectivity index (χ4v) is 3.98. The average molecular weight is 414 g/mol. The van der Waals surface area contributed by atoms with Crippen molar-refractivity contribution in [3.05, 3.63) is 47.2 Å². The molecule has 2 aliphatic heterocycles. The highest BCUT2D eigenvalue weighted by Gasteiger charge is 2.41. The molecule has 30 heavy (non-hydrogen) atoms. The smallest absolute Gasteiger partial charge is 0.165 e. The number of fused-ring (bicyclic) bond motifs is 1. The Morgan fingerprint density at radius 3 is 2.60 bits per heavy atom. The Balaban J connectivity index is 1.40. The molecule has 1 aromatic heterocycles. The second-order valence-corrected chi connectivity index (χ2v) is 8.71. The maximum absolute atomic E-state index is 14.5. The van der Waals surface area contributed by atoms with Gasteiger partial charge in [0.25, 0.3) is 0 Å². The van der Waals surface area contributed by atoms with Crippen LogP contribution in [0.4, 0.5) is 14.6 Å². The summed E-state index contributed by atoms with van der Waals surface area (Å²) in [6, 6.07) is 5.06. The number of aliphatic hydroxyl groups is 1. The van der Waals surface area contributed by atoms with Crippen LogP contribution in [0.5, 0.6) is 5.75 Å². The van der Waals surface area contributed by atoms with Gasteiger partial charge in [-0.25, -0.2) is 18.7 Å². The van der Waals surface area contributed by atoms with Gasteiger partial charge in [0.05, 0.1) is 24.6 Å². The van der Waals surface area contributed by atoms with Gasteiger partial charge in [-0.15, -0.1) is 0 Å². The molecule has 8 heteroatoms. The molecule has 6 nitrogen and oxygen atoms in total. The van der Waals surface area contributed by atoms with Crippen molar-refractivity contribution in [2.45, 2.75) is 50.4 Å². The third kappa shape index (κ3) is 3.53. The van der Waals surface area contributed by atoms with Crippen molar-refractivity contribution < 1.29 is 18.6 Å². The third-order valence-electron chi connectivity index (χ3n) is 6.29. The summed E-state index contributed by atoms with van der Waals surface area (Å²) in [5, 5.41) is 9.23. The number of nitrogens with zero attached hydrogens (tertiary/aromatic N) is 4. The van der Waals surface area contributed by atoms with Gasteiger partial charge in [0.2, 0.25) is 0 Å². The number of anilines is 1. The second kappa shape index (κ2) is 6.97. The van der Waals surface area contributed by atoms with Crippen LogP contribution in [0.1, 0.15) is 49.4 Å². The normalized spacial score (nSPS) is 21.2. The molecule has 1 saturated heterocycles. The number of halogens is 2. The summed E-state index contributed by atoms with van der Waals surface area (Å²) in [7, 11) is 0. The Labute approximate surface area is 173 Å². The van der Waals surface area contributed by atoms with Gasteiger partial charge in [-0.05, 0) is 37.5 Å². The molecule has 5 rings (SSSR count). The summed E-state index contributed by atoms with van der Waals surface area (Å²) in [6.45, 7) is 2.86. The zero-order valence-corrected chi connectivity index (χ0v) is 16.9. The van der Waals surface area contributed by atoms with E-state index in [1.165, 1.54) is 12.4 Å². The maximum Gasteiger partial charge on any atom is 0.165 e. The van der Waals surface area contributed by atoms with Gasteiger partial charge in [0, 0.05) is 37.6 Å². The molecular formula is C22H24F2N4O2. The number of alkyl halides is 1. The van der Waals surface area contributed by atoms with Crippen LogP contribution in [0, 0.1) is 5.82 Å². The van der Waals surface area contributed by atoms with Gasteiger partial charge in [0.15, 0.2) is 11.6 Å². The topological polar surface area (TPSA) is 70.8 Å². The number of rotatable bonds is 5. The van der Waals surface area contributed by atoms with Gasteiger partial charge in [0.1, 0.15) is 23.4 Å². The SMILES string of the molecule is CC1(Oc2cc3c(cc2F)CN=C3c2cc(N3CCC(F)(CO)CC3)ncn2)CC1. The summed E-state index contributed by atoms with van der Waals surface area (Å²) in [5.74, 6) is 0.575. The summed E-state index contributed by atoms with van der Waals surface area (Å²) < 4.78 is 34.7. The van der Waals surface area contributed by atoms with E-state index in [0.29, 0.717) is 36.9 Å². The van der Waals surface area contributed by atoms with Crippen LogP contribution in [0.3, 0.4) is 0 Å². The molecule has 0 amide bonds. The molecule has 3 aliphatic rings. The number of aliphatic imine (C=N–C) groups is 1. The lowest BCUT2D eigenvalue weighted by molar-refractivity contribution is 0.0480. The van der Waals surface area contributed by atoms with Gasteiger partial charge >= 0.3 is 0 Å². The molecule has 1 aliphatic carbocycles. The van der Waals surface area contributed by atoms with Gasteiger partial charge in [-0.3, -0.25) is 4.99 Å². The van der Waals surface area contributed by atoms with E-state index < -0.39 is 12.3 Å². The first-order valence-electron chi connectivity index (χ1n) is 10.3. The van der Waals surface area contributed by atoms with Crippen LogP contribution < -0.4 is 9.64 Å². The molecular weight excluding hydrogens is 390 g/mol. The Morgan fingerprint density at radius 2 is 1.90 bits per heavy atom. The number of aromatic nitrogens is 2. The zero-order chi connectivity index (χ0) is 20.9. The number of piperidine rings is 1. The Morgan fingerprint density at radius 1 is 1.13 bits per heavy atom. The molecule has 0 atom stereocenters. The van der Waals surface area contributed by atoms with Gasteiger partial charge in [-0.1, -0.05) is 0 Å². The third-order valence-corrected chi connectivity index (χ3v) is 6.29. The number of hydrogen-bond acceptors (Lipinski definition) is 6. The minimum atomic E-state index is -1.51. The summed E-state index contributed by atoms with van der Waals surface area (Å²) in [5.41, 5.74) is 1.17. The van der Waals surface area contributed by atoms with E-state index in [2.05, 4.69) is 15.0 Å². The molecule has 1 saturated carbocycles. The maximum atomic E-state index is 14.5. The molecule has 0 spiro atoms. The Kier molecular flexibility index (Phi) is 4.50. The molecule has 2 aromatic rings. The van der Waals surface area contributed by atoms with Crippen LogP contribution in [0.25, 0.3) is 0 Å². The van der Waals surface area contributed by atoms with E-state index in [1.54, 1.807) is 6.07 Å². The highest BCUT2D eigenvalue weighted by atomic mass is 19.1. The summed E-state index contributed by atoms with van der Waals surface area (Å²) in [4.78, 5) is 15.3. The largest absolute Gasteiger partial charge is 0.484 e. The number of benzene rings is 1. The number of hydrogen-bond donors (Lipinski definition) is 1. The van der Waals surface area contributed by atoms with E-state index >= 15 is 0 Å². The van der Waals surface area contributed by atoms with Crippen molar-refractivity contribution in [1.82, 2.24) is 9.97 Å². The van der Waals surface area contributed by atoms with Crippen LogP contribution in [0.2, 0.25) is 0 Å². The lowest BCUT2D eigenvalue weighted by Crippen LogP contribution is -2.44. The highest BCUT2D eigenvalue weighted by molar-refractivity contribution is 6.14. The van der Waals surface area contributed by atoms with E-state index in [-0.39, 0.29) is 30.0 Å². The lowest BCUT2D eigenvalue weighted by atomic mass is 9.94. The highest BCUT2D eigenvalue weighted by Crippen LogP contribution is 2.41. The van der Waals surface area contributed by atoms with Crippen molar-refractivity contribution in [3.8, 4) is 5.75 Å². The standard InChI is InChI=1S/C22H24F2N4O2/c1-21(2-3-21)30-18-9-15-14(8-16(18)23)11-25-20(15)17-10-19(27-13-26-17)28-6-4-22(24,12-29)5-7-28/h8-10,13,29H,2-7,11-12H2,1H3. The predicted molar refractivity (Wildman–Crippen MR) is 108 cm³/mol. The lowest BCUT2D eigenvalue weighted by Gasteiger charge is -2.35. The molecule has 3 heterocycles. The number of aliphatic hydroxyl groups excluding tert-OH is 1. The van der Waals surface area contributed by atoms with Crippen molar-refractivity contribution in [3.63, 3.8) is 0 Å². The monoisotopic (exact) mass is 414 g/mol. The van der Waals surface area contributed by atoms with Gasteiger partial charge in [-0.2, -0.15) is 0 Å². The predicted octanol–water partition coefficient (Wildman–Crippen LogP) is 3.20. The van der Waals surface area contributed by atoms with E-state index in [0.717, 1.165) is 24.0 Å². The molecule has 1 aromatic carbocycles. The molecule has 0 bridgehead atoms. The Hall–Kier alpha value is -2.61. The fourth-order valence-electron chi connectivity index (χ4n) is 3.98. The molecule has 1 N–H and O–H groups in total. The first-order chi connectivity index (χ1) is 14.4. The van der Waals surface area contributed by atoms with E-state index in [4.69, 9.17) is 4.74 Å². The minimum Gasteiger partial charge on any atom is -0.484 e. The first-order valence-corrected chi connectivity index (χ1v) is 10.3. The summed E-state index contributed by atoms with van der Waals surface area (Å²) in [6.07, 6.45) is 3.83. The van der Waals surface area contributed by atoms with Crippen molar-refractivity contribution in [2.75, 3.05) is 24.6 Å². The number of ether oxygens (including phenoxy) is 1. The minimum absolute atomic E-state index is 0.247. The van der Waals surface area contributed by atoms with Crippen LogP contribution in [-0.4, -0.2) is 51.8 Å². The van der Waals surface area contributed by atoms with E-state index in [9.17, 15) is 13.9 Å². The van der Waals surface area contributed by atoms with Crippen LogP contribution in [0.15, 0.2) is 29.5 Å². The molecule has 0 radical (unpaired) electrons. The van der Waals surface area contributed by atoms with Crippen LogP contribution >= 0.6 is 0 Å². The fraction of sp³-hybridized carbons (Fsp3) is 0.500. The summed E-state index contributed by atoms with van der Waals surface area (Å²) >= 11 is 0. The first kappa shape index (κ1) is 19.4. The zero-order valence-electron chi connectivity index (χ0n) is 16.9. The molecule has 2 fully saturated rings. The van der Waals surface area contributed by atoms with Crippen molar-refractivity contribution in [1.29, 1.82) is 0 Å². The van der Waals surface area contributed by atoms with Crippen molar-refractivity contribution in [2.24, 2.45) is 4.99 Å². The van der Waals surface area contributed by atoms with Crippen molar-refractivity contribution >= 4 is 11.5 Å².